The fourth-order valence-corrected chi connectivity index (χ4v) is 1.48. The van der Waals surface area contributed by atoms with Gasteiger partial charge in [0.2, 0.25) is 0 Å². The summed E-state index contributed by atoms with van der Waals surface area (Å²) in [6, 6.07) is 8.20. The van der Waals surface area contributed by atoms with Gasteiger partial charge in [0, 0.05) is 4.90 Å². The Balaban J connectivity index is 2.33. The van der Waals surface area contributed by atoms with Crippen molar-refractivity contribution in [2.45, 2.75) is 4.90 Å². The average Bonchev–Trinajstić information content (AvgIpc) is 2.71. The van der Waals surface area contributed by atoms with E-state index in [0.29, 0.717) is 0 Å². The second-order valence-corrected chi connectivity index (χ2v) is 3.42. The van der Waals surface area contributed by atoms with Crippen molar-refractivity contribution < 1.29 is 0 Å². The minimum atomic E-state index is 1.04. The number of benzene rings is 1. The van der Waals surface area contributed by atoms with Gasteiger partial charge in [-0.2, -0.15) is 5.10 Å². The third-order valence-corrected chi connectivity index (χ3v) is 2.50. The summed E-state index contributed by atoms with van der Waals surface area (Å²) in [6.45, 7) is 0. The molecule has 0 amide bonds. The van der Waals surface area contributed by atoms with Crippen LogP contribution in [0.5, 0.6) is 0 Å². The number of nitrogens with zero attached hydrogens (tertiary/aromatic N) is 3. The maximum atomic E-state index is 4.04. The average molecular weight is 191 g/mol. The van der Waals surface area contributed by atoms with Gasteiger partial charge in [-0.3, -0.25) is 0 Å². The molecule has 0 bridgehead atoms. The van der Waals surface area contributed by atoms with E-state index in [1.54, 1.807) is 22.8 Å². The van der Waals surface area contributed by atoms with E-state index in [1.165, 1.54) is 11.2 Å². The van der Waals surface area contributed by atoms with Crippen LogP contribution in [0.15, 0.2) is 41.8 Å². The highest BCUT2D eigenvalue weighted by atomic mass is 32.2. The molecule has 3 nitrogen and oxygen atoms in total. The summed E-state index contributed by atoms with van der Waals surface area (Å²) in [5, 5.41) is 4.04. The van der Waals surface area contributed by atoms with Gasteiger partial charge in [0.15, 0.2) is 0 Å². The second kappa shape index (κ2) is 3.62. The molecule has 0 saturated heterocycles. The highest BCUT2D eigenvalue weighted by Gasteiger charge is 1.95. The zero-order valence-corrected chi connectivity index (χ0v) is 8.03. The molecule has 2 aromatic rings. The first kappa shape index (κ1) is 8.31. The normalized spacial score (nSPS) is 10.2. The SMILES string of the molecule is CSc1ccc(-n2cncn2)cc1. The first-order valence-corrected chi connectivity index (χ1v) is 5.11. The molecule has 0 radical (unpaired) electrons. The number of rotatable bonds is 2. The lowest BCUT2D eigenvalue weighted by molar-refractivity contribution is 0.877. The monoisotopic (exact) mass is 191 g/mol. The van der Waals surface area contributed by atoms with E-state index >= 15 is 0 Å². The standard InChI is InChI=1S/C9H9N3S/c1-13-9-4-2-8(3-5-9)12-7-10-6-11-12/h2-7H,1H3. The van der Waals surface area contributed by atoms with Gasteiger partial charge in [0.05, 0.1) is 5.69 Å². The molecule has 1 aromatic carbocycles. The summed E-state index contributed by atoms with van der Waals surface area (Å²) < 4.78 is 1.74. The Bertz CT molecular complexity index is 366. The Kier molecular flexibility index (Phi) is 2.31. The van der Waals surface area contributed by atoms with Crippen LogP contribution in [0.2, 0.25) is 0 Å². The van der Waals surface area contributed by atoms with Crippen LogP contribution in [0.4, 0.5) is 0 Å². The quantitative estimate of drug-likeness (QED) is 0.680. The van der Waals surface area contributed by atoms with Crippen molar-refractivity contribution in [2.24, 2.45) is 0 Å². The van der Waals surface area contributed by atoms with Gasteiger partial charge in [0.25, 0.3) is 0 Å². The molecule has 0 spiro atoms. The molecule has 0 fully saturated rings. The van der Waals surface area contributed by atoms with Gasteiger partial charge in [-0.15, -0.1) is 11.8 Å². The molecule has 0 aliphatic rings. The van der Waals surface area contributed by atoms with Crippen LogP contribution in [0.3, 0.4) is 0 Å². The Morgan fingerprint density at radius 2 is 2.00 bits per heavy atom. The van der Waals surface area contributed by atoms with Crippen molar-refractivity contribution in [1.29, 1.82) is 0 Å². The Labute approximate surface area is 80.8 Å². The highest BCUT2D eigenvalue weighted by Crippen LogP contribution is 2.16. The molecule has 0 unspecified atom stereocenters. The molecule has 0 N–H and O–H groups in total. The van der Waals surface area contributed by atoms with Crippen LogP contribution < -0.4 is 0 Å². The molecule has 0 atom stereocenters. The highest BCUT2D eigenvalue weighted by molar-refractivity contribution is 7.98. The molecule has 0 aliphatic carbocycles. The Morgan fingerprint density at radius 3 is 2.54 bits per heavy atom. The number of thioether (sulfide) groups is 1. The largest absolute Gasteiger partial charge is 0.223 e. The topological polar surface area (TPSA) is 30.7 Å². The molecule has 1 heterocycles. The van der Waals surface area contributed by atoms with Crippen molar-refractivity contribution in [1.82, 2.24) is 14.8 Å². The van der Waals surface area contributed by atoms with E-state index in [9.17, 15) is 0 Å². The van der Waals surface area contributed by atoms with E-state index in [0.717, 1.165) is 5.69 Å². The number of aromatic nitrogens is 3. The van der Waals surface area contributed by atoms with E-state index in [-0.39, 0.29) is 0 Å². The Morgan fingerprint density at radius 1 is 1.23 bits per heavy atom. The maximum absolute atomic E-state index is 4.04. The fourth-order valence-electron chi connectivity index (χ4n) is 1.08. The van der Waals surface area contributed by atoms with Crippen molar-refractivity contribution in [3.8, 4) is 5.69 Å². The minimum absolute atomic E-state index is 1.04. The summed E-state index contributed by atoms with van der Waals surface area (Å²) in [4.78, 5) is 5.14. The van der Waals surface area contributed by atoms with Gasteiger partial charge in [-0.1, -0.05) is 0 Å². The zero-order chi connectivity index (χ0) is 9.10. The predicted octanol–water partition coefficient (Wildman–Crippen LogP) is 1.99. The van der Waals surface area contributed by atoms with Gasteiger partial charge in [-0.25, -0.2) is 9.67 Å². The molecular weight excluding hydrogens is 182 g/mol. The fraction of sp³-hybridized carbons (Fsp3) is 0.111. The van der Waals surface area contributed by atoms with E-state index in [4.69, 9.17) is 0 Å². The summed E-state index contributed by atoms with van der Waals surface area (Å²) >= 11 is 1.73. The summed E-state index contributed by atoms with van der Waals surface area (Å²) in [5.74, 6) is 0. The molecule has 13 heavy (non-hydrogen) atoms. The molecule has 0 saturated carbocycles. The van der Waals surface area contributed by atoms with Crippen LogP contribution in [0, 0.1) is 0 Å². The summed E-state index contributed by atoms with van der Waals surface area (Å²) in [7, 11) is 0. The van der Waals surface area contributed by atoms with E-state index < -0.39 is 0 Å². The van der Waals surface area contributed by atoms with Gasteiger partial charge < -0.3 is 0 Å². The summed E-state index contributed by atoms with van der Waals surface area (Å²) in [5.41, 5.74) is 1.04. The van der Waals surface area contributed by atoms with Crippen LogP contribution in [0.1, 0.15) is 0 Å². The third kappa shape index (κ3) is 1.72. The van der Waals surface area contributed by atoms with Gasteiger partial charge in [-0.05, 0) is 30.5 Å². The van der Waals surface area contributed by atoms with Crippen molar-refractivity contribution in [3.05, 3.63) is 36.9 Å². The summed E-state index contributed by atoms with van der Waals surface area (Å²) in [6.07, 6.45) is 5.28. The van der Waals surface area contributed by atoms with Gasteiger partial charge in [0.1, 0.15) is 12.7 Å². The van der Waals surface area contributed by atoms with Crippen molar-refractivity contribution in [2.75, 3.05) is 6.26 Å². The molecule has 2 rings (SSSR count). The second-order valence-electron chi connectivity index (χ2n) is 2.54. The Hall–Kier alpha value is -1.29. The molecule has 66 valence electrons. The lowest BCUT2D eigenvalue weighted by Gasteiger charge is -2.00. The maximum Gasteiger partial charge on any atom is 0.138 e. The van der Waals surface area contributed by atoms with Crippen LogP contribution in [0.25, 0.3) is 5.69 Å². The van der Waals surface area contributed by atoms with E-state index in [2.05, 4.69) is 28.5 Å². The number of hydrogen-bond donors (Lipinski definition) is 0. The van der Waals surface area contributed by atoms with E-state index in [1.807, 2.05) is 12.1 Å². The van der Waals surface area contributed by atoms with Crippen molar-refractivity contribution in [3.63, 3.8) is 0 Å². The zero-order valence-electron chi connectivity index (χ0n) is 7.21. The lowest BCUT2D eigenvalue weighted by Crippen LogP contribution is -1.92. The molecule has 1 aromatic heterocycles. The molecule has 4 heteroatoms. The van der Waals surface area contributed by atoms with Crippen LogP contribution in [-0.4, -0.2) is 21.0 Å². The smallest absolute Gasteiger partial charge is 0.138 e. The van der Waals surface area contributed by atoms with Gasteiger partial charge >= 0.3 is 0 Å². The predicted molar refractivity (Wildman–Crippen MR) is 53.1 cm³/mol. The van der Waals surface area contributed by atoms with Crippen LogP contribution >= 0.6 is 11.8 Å². The third-order valence-electron chi connectivity index (χ3n) is 1.76. The van der Waals surface area contributed by atoms with Crippen LogP contribution in [-0.2, 0) is 0 Å². The first-order chi connectivity index (χ1) is 6.40. The molecule has 0 aliphatic heterocycles. The first-order valence-electron chi connectivity index (χ1n) is 3.89. The van der Waals surface area contributed by atoms with Crippen molar-refractivity contribution >= 4 is 11.8 Å². The lowest BCUT2D eigenvalue weighted by atomic mass is 10.3. The minimum Gasteiger partial charge on any atom is -0.223 e. The molecular formula is C9H9N3S. The number of hydrogen-bond acceptors (Lipinski definition) is 3.